The summed E-state index contributed by atoms with van der Waals surface area (Å²) in [6, 6.07) is 22.7. The van der Waals surface area contributed by atoms with Gasteiger partial charge in [0.25, 0.3) is 0 Å². The van der Waals surface area contributed by atoms with E-state index in [2.05, 4.69) is 15.4 Å². The Kier molecular flexibility index (Phi) is 11.1. The van der Waals surface area contributed by atoms with Crippen molar-refractivity contribution in [3.63, 3.8) is 0 Å². The number of nitrogens with one attached hydrogen (secondary N) is 2. The Morgan fingerprint density at radius 1 is 0.829 bits per heavy atom. The molecule has 1 aliphatic rings. The molecule has 0 spiro atoms. The summed E-state index contributed by atoms with van der Waals surface area (Å²) in [5, 5.41) is 7.95. The molecule has 0 atom stereocenters. The van der Waals surface area contributed by atoms with E-state index in [9.17, 15) is 13.2 Å². The van der Waals surface area contributed by atoms with Crippen LogP contribution in [0.25, 0.3) is 22.0 Å². The minimum atomic E-state index is -4.76. The molecule has 11 heteroatoms. The number of alkyl halides is 3. The van der Waals surface area contributed by atoms with Crippen LogP contribution in [-0.4, -0.2) is 42.5 Å². The van der Waals surface area contributed by atoms with E-state index in [1.807, 2.05) is 79.7 Å². The molecule has 0 saturated heterocycles. The number of ether oxygens (including phenoxy) is 1. The highest BCUT2D eigenvalue weighted by atomic mass is 35.5. The van der Waals surface area contributed by atoms with Crippen LogP contribution in [0.4, 0.5) is 24.9 Å². The number of aromatic nitrogens is 2. The molecule has 2 N–H and O–H groups in total. The fourth-order valence-corrected chi connectivity index (χ4v) is 5.07. The summed E-state index contributed by atoms with van der Waals surface area (Å²) in [7, 11) is 3.94. The van der Waals surface area contributed by atoms with Gasteiger partial charge in [-0.05, 0) is 55.0 Å². The molecule has 0 bridgehead atoms. The monoisotopic (exact) mass is 607 g/mol. The zero-order chi connectivity index (χ0) is 27.4. The molecule has 0 radical (unpaired) electrons. The Morgan fingerprint density at radius 3 is 2.17 bits per heavy atom. The first-order valence-corrected chi connectivity index (χ1v) is 13.1. The van der Waals surface area contributed by atoms with Crippen LogP contribution in [0.3, 0.4) is 0 Å². The first-order chi connectivity index (χ1) is 18.7. The molecule has 0 amide bonds. The second-order valence-corrected chi connectivity index (χ2v) is 10.1. The maximum Gasteiger partial charge on any atom is 0.573 e. The molecule has 5 rings (SSSR count). The Balaban J connectivity index is 0.00000231. The highest BCUT2D eigenvalue weighted by Gasteiger charge is 2.32. The van der Waals surface area contributed by atoms with Gasteiger partial charge in [-0.25, -0.2) is 4.98 Å². The van der Waals surface area contributed by atoms with Crippen molar-refractivity contribution in [2.24, 2.45) is 0 Å². The van der Waals surface area contributed by atoms with Crippen LogP contribution in [0.15, 0.2) is 72.8 Å². The van der Waals surface area contributed by atoms with E-state index in [1.54, 1.807) is 6.07 Å². The molecule has 1 aliphatic carbocycles. The fourth-order valence-electron chi connectivity index (χ4n) is 5.07. The maximum absolute atomic E-state index is 13.2. The molecule has 1 aromatic heterocycles. The van der Waals surface area contributed by atoms with Gasteiger partial charge in [0.2, 0.25) is 5.95 Å². The van der Waals surface area contributed by atoms with Gasteiger partial charge in [0, 0.05) is 43.7 Å². The average Bonchev–Trinajstić information content (AvgIpc) is 2.92. The molecular weight excluding hydrogens is 574 g/mol. The highest BCUT2D eigenvalue weighted by Crippen LogP contribution is 2.32. The second-order valence-electron chi connectivity index (χ2n) is 10.1. The third-order valence-electron chi connectivity index (χ3n) is 7.05. The molecule has 220 valence electrons. The SMILES string of the molecule is CN(C)c1nc(N[C@H]2CC[C@@H](NCc3ccc(-c4ccccc4)cc3OC(F)(F)F)CC2)nc2ccccc12.Cl.Cl. The van der Waals surface area contributed by atoms with Crippen molar-refractivity contribution in [1.82, 2.24) is 15.3 Å². The van der Waals surface area contributed by atoms with Crippen LogP contribution in [0, 0.1) is 0 Å². The molecule has 0 aliphatic heterocycles. The smallest absolute Gasteiger partial charge is 0.405 e. The van der Waals surface area contributed by atoms with Gasteiger partial charge >= 0.3 is 6.36 Å². The number of fused-ring (bicyclic) bond motifs is 1. The maximum atomic E-state index is 13.2. The van der Waals surface area contributed by atoms with Crippen molar-refractivity contribution in [3.8, 4) is 16.9 Å². The molecule has 4 aromatic rings. The van der Waals surface area contributed by atoms with Gasteiger partial charge in [-0.15, -0.1) is 38.0 Å². The molecule has 6 nitrogen and oxygen atoms in total. The van der Waals surface area contributed by atoms with Gasteiger partial charge in [-0.3, -0.25) is 0 Å². The van der Waals surface area contributed by atoms with Crippen molar-refractivity contribution < 1.29 is 17.9 Å². The van der Waals surface area contributed by atoms with Gasteiger partial charge in [0.1, 0.15) is 11.6 Å². The van der Waals surface area contributed by atoms with Gasteiger partial charge in [0.15, 0.2) is 0 Å². The predicted octanol–water partition coefficient (Wildman–Crippen LogP) is 7.62. The lowest BCUT2D eigenvalue weighted by Crippen LogP contribution is -2.37. The molecule has 1 saturated carbocycles. The van der Waals surface area contributed by atoms with Crippen LogP contribution in [0.5, 0.6) is 5.75 Å². The molecule has 0 unspecified atom stereocenters. The number of nitrogens with zero attached hydrogens (tertiary/aromatic N) is 3. The summed E-state index contributed by atoms with van der Waals surface area (Å²) in [5.41, 5.74) is 2.89. The minimum absolute atomic E-state index is 0. The van der Waals surface area contributed by atoms with E-state index in [-0.39, 0.29) is 42.6 Å². The first-order valence-electron chi connectivity index (χ1n) is 13.1. The largest absolute Gasteiger partial charge is 0.573 e. The lowest BCUT2D eigenvalue weighted by molar-refractivity contribution is -0.274. The molecule has 1 heterocycles. The third kappa shape index (κ3) is 8.38. The molecule has 41 heavy (non-hydrogen) atoms. The van der Waals surface area contributed by atoms with E-state index in [1.165, 1.54) is 6.07 Å². The van der Waals surface area contributed by atoms with Crippen LogP contribution < -0.4 is 20.3 Å². The van der Waals surface area contributed by atoms with Crippen molar-refractivity contribution in [3.05, 3.63) is 78.4 Å². The second kappa shape index (κ2) is 14.1. The normalized spacial score (nSPS) is 16.8. The standard InChI is InChI=1S/C30H32F3N5O.2ClH/c1-38(2)28-25-10-6-7-11-26(25)36-29(37-28)35-24-16-14-23(15-17-24)34-19-22-13-12-21(20-8-4-3-5-9-20)18-27(22)39-30(31,32)33;;/h3-13,18,23-24,34H,14-17,19H2,1-2H3,(H,35,36,37);2*1H/t23-,24+;;. The number of rotatable bonds is 8. The third-order valence-corrected chi connectivity index (χ3v) is 7.05. The fraction of sp³-hybridized carbons (Fsp3) is 0.333. The van der Waals surface area contributed by atoms with Gasteiger partial charge in [-0.1, -0.05) is 54.6 Å². The van der Waals surface area contributed by atoms with Crippen LogP contribution in [0.1, 0.15) is 31.2 Å². The van der Waals surface area contributed by atoms with E-state index < -0.39 is 6.36 Å². The number of para-hydroxylation sites is 1. The minimum Gasteiger partial charge on any atom is -0.405 e. The van der Waals surface area contributed by atoms with Crippen LogP contribution in [0.2, 0.25) is 0 Å². The van der Waals surface area contributed by atoms with Crippen molar-refractivity contribution in [2.75, 3.05) is 24.3 Å². The lowest BCUT2D eigenvalue weighted by Gasteiger charge is -2.30. The van der Waals surface area contributed by atoms with Crippen molar-refractivity contribution in [2.45, 2.75) is 50.7 Å². The summed E-state index contributed by atoms with van der Waals surface area (Å²) < 4.78 is 43.9. The van der Waals surface area contributed by atoms with Crippen molar-refractivity contribution >= 4 is 47.5 Å². The molecular formula is C30H34Cl2F3N5O. The quantitative estimate of drug-likeness (QED) is 0.215. The molecule has 3 aromatic carbocycles. The van der Waals surface area contributed by atoms with Gasteiger partial charge < -0.3 is 20.3 Å². The summed E-state index contributed by atoms with van der Waals surface area (Å²) in [5.74, 6) is 1.31. The number of benzene rings is 3. The number of hydrogen-bond donors (Lipinski definition) is 2. The number of halogens is 5. The average molecular weight is 609 g/mol. The zero-order valence-electron chi connectivity index (χ0n) is 22.8. The van der Waals surface area contributed by atoms with E-state index in [0.717, 1.165) is 48.0 Å². The Hall–Kier alpha value is -3.27. The summed E-state index contributed by atoms with van der Waals surface area (Å²) in [4.78, 5) is 11.4. The molecule has 1 fully saturated rings. The first kappa shape index (κ1) is 32.2. The van der Waals surface area contributed by atoms with Crippen LogP contribution in [-0.2, 0) is 6.54 Å². The van der Waals surface area contributed by atoms with Gasteiger partial charge in [-0.2, -0.15) is 4.98 Å². The number of hydrogen-bond acceptors (Lipinski definition) is 6. The Labute approximate surface area is 250 Å². The highest BCUT2D eigenvalue weighted by molar-refractivity contribution is 5.90. The van der Waals surface area contributed by atoms with Gasteiger partial charge in [0.05, 0.1) is 5.52 Å². The van der Waals surface area contributed by atoms with Crippen LogP contribution >= 0.6 is 24.8 Å². The zero-order valence-corrected chi connectivity index (χ0v) is 24.5. The van der Waals surface area contributed by atoms with E-state index >= 15 is 0 Å². The Morgan fingerprint density at radius 2 is 1.49 bits per heavy atom. The lowest BCUT2D eigenvalue weighted by atomic mass is 9.91. The summed E-state index contributed by atoms with van der Waals surface area (Å²) >= 11 is 0. The topological polar surface area (TPSA) is 62.3 Å². The number of anilines is 2. The Bertz CT molecular complexity index is 1410. The van der Waals surface area contributed by atoms with E-state index in [4.69, 9.17) is 9.97 Å². The summed E-state index contributed by atoms with van der Waals surface area (Å²) in [6.07, 6.45) is -1.16. The van der Waals surface area contributed by atoms with E-state index in [0.29, 0.717) is 23.6 Å². The summed E-state index contributed by atoms with van der Waals surface area (Å²) in [6.45, 7) is 0.295. The predicted molar refractivity (Wildman–Crippen MR) is 163 cm³/mol. The van der Waals surface area contributed by atoms with Crippen molar-refractivity contribution in [1.29, 1.82) is 0 Å².